The molecule has 6 nitrogen and oxygen atoms in total. The van der Waals surface area contributed by atoms with E-state index in [1.807, 2.05) is 0 Å². The maximum Gasteiger partial charge on any atom is 0.273 e. The largest absolute Gasteiger partial charge is 0.508 e. The van der Waals surface area contributed by atoms with Crippen molar-refractivity contribution in [1.82, 2.24) is 10.3 Å². The molecular formula is C15H18N2O4. The average molecular weight is 290 g/mol. The Morgan fingerprint density at radius 3 is 2.52 bits per heavy atom. The molecule has 0 spiro atoms. The normalized spacial score (nSPS) is 12.1. The summed E-state index contributed by atoms with van der Waals surface area (Å²) in [6.45, 7) is 3.15. The van der Waals surface area contributed by atoms with Gasteiger partial charge in [-0.05, 0) is 31.0 Å². The van der Waals surface area contributed by atoms with Gasteiger partial charge in [0.15, 0.2) is 11.6 Å². The maximum atomic E-state index is 12.1. The van der Waals surface area contributed by atoms with E-state index in [0.717, 1.165) is 5.56 Å². The lowest BCUT2D eigenvalue weighted by molar-refractivity contribution is 0.0910. The topological polar surface area (TPSA) is 95.6 Å². The van der Waals surface area contributed by atoms with Crippen molar-refractivity contribution in [2.75, 3.05) is 6.61 Å². The van der Waals surface area contributed by atoms with Crippen LogP contribution < -0.4 is 5.32 Å². The number of phenolic OH excluding ortho intramolecular Hbond substituents is 1. The van der Waals surface area contributed by atoms with Gasteiger partial charge in [0, 0.05) is 6.92 Å². The van der Waals surface area contributed by atoms with E-state index in [2.05, 4.69) is 10.3 Å². The predicted molar refractivity (Wildman–Crippen MR) is 76.1 cm³/mol. The van der Waals surface area contributed by atoms with E-state index in [1.54, 1.807) is 38.1 Å². The first-order valence-electron chi connectivity index (χ1n) is 6.63. The number of aromatic nitrogens is 1. The lowest BCUT2D eigenvalue weighted by Crippen LogP contribution is -2.39. The Kier molecular flexibility index (Phi) is 4.59. The monoisotopic (exact) mass is 290 g/mol. The fraction of sp³-hybridized carbons (Fsp3) is 0.333. The average Bonchev–Trinajstić information content (AvgIpc) is 2.79. The zero-order valence-electron chi connectivity index (χ0n) is 12.0. The number of rotatable bonds is 5. The van der Waals surface area contributed by atoms with Crippen molar-refractivity contribution >= 4 is 5.91 Å². The maximum absolute atomic E-state index is 12.1. The summed E-state index contributed by atoms with van der Waals surface area (Å²) in [5, 5.41) is 21.4. The van der Waals surface area contributed by atoms with Crippen molar-refractivity contribution in [3.8, 4) is 5.75 Å². The van der Waals surface area contributed by atoms with E-state index in [4.69, 9.17) is 4.42 Å². The van der Waals surface area contributed by atoms with Crippen molar-refractivity contribution in [3.05, 3.63) is 47.2 Å². The van der Waals surface area contributed by atoms with Crippen LogP contribution in [0.4, 0.5) is 0 Å². The third-order valence-corrected chi connectivity index (χ3v) is 3.09. The van der Waals surface area contributed by atoms with Crippen LogP contribution in [0.15, 0.2) is 28.7 Å². The van der Waals surface area contributed by atoms with Gasteiger partial charge in [-0.25, -0.2) is 4.98 Å². The Morgan fingerprint density at radius 1 is 1.33 bits per heavy atom. The zero-order valence-corrected chi connectivity index (χ0v) is 12.0. The Morgan fingerprint density at radius 2 is 2.00 bits per heavy atom. The highest BCUT2D eigenvalue weighted by molar-refractivity contribution is 5.93. The standard InChI is InChI=1S/C15H18N2O4/c1-9-14(16-10(2)21-9)15(20)17-12(8-18)7-11-3-5-13(19)6-4-11/h3-6,12,18-19H,7-8H2,1-2H3,(H,17,20)/t12-/m0/s1. The molecule has 0 aliphatic carbocycles. The molecule has 112 valence electrons. The Balaban J connectivity index is 2.03. The van der Waals surface area contributed by atoms with Gasteiger partial charge >= 0.3 is 0 Å². The molecule has 0 radical (unpaired) electrons. The van der Waals surface area contributed by atoms with Gasteiger partial charge in [-0.1, -0.05) is 12.1 Å². The van der Waals surface area contributed by atoms with Crippen molar-refractivity contribution in [3.63, 3.8) is 0 Å². The van der Waals surface area contributed by atoms with Crippen LogP contribution >= 0.6 is 0 Å². The minimum absolute atomic E-state index is 0.178. The first kappa shape index (κ1) is 15.1. The number of carbonyl (C=O) groups excluding carboxylic acids is 1. The summed E-state index contributed by atoms with van der Waals surface area (Å²) in [5.41, 5.74) is 1.14. The van der Waals surface area contributed by atoms with Crippen LogP contribution in [-0.4, -0.2) is 33.8 Å². The number of aliphatic hydroxyl groups is 1. The molecule has 3 N–H and O–H groups in total. The second-order valence-corrected chi connectivity index (χ2v) is 4.86. The van der Waals surface area contributed by atoms with Gasteiger partial charge < -0.3 is 19.9 Å². The molecule has 0 bridgehead atoms. The number of aliphatic hydroxyl groups excluding tert-OH is 1. The molecule has 1 amide bonds. The van der Waals surface area contributed by atoms with E-state index in [9.17, 15) is 15.0 Å². The number of nitrogens with zero attached hydrogens (tertiary/aromatic N) is 1. The quantitative estimate of drug-likeness (QED) is 0.772. The molecule has 0 saturated carbocycles. The predicted octanol–water partition coefficient (Wildman–Crippen LogP) is 1.33. The number of aryl methyl sites for hydroxylation is 2. The molecule has 2 aromatic rings. The fourth-order valence-corrected chi connectivity index (χ4v) is 2.07. The molecule has 0 aliphatic heterocycles. The summed E-state index contributed by atoms with van der Waals surface area (Å²) < 4.78 is 5.22. The molecule has 1 aromatic carbocycles. The highest BCUT2D eigenvalue weighted by Gasteiger charge is 2.19. The highest BCUT2D eigenvalue weighted by Crippen LogP contribution is 2.12. The van der Waals surface area contributed by atoms with Gasteiger partial charge in [-0.3, -0.25) is 4.79 Å². The van der Waals surface area contributed by atoms with Crippen LogP contribution in [0.3, 0.4) is 0 Å². The van der Waals surface area contributed by atoms with Crippen molar-refractivity contribution in [1.29, 1.82) is 0 Å². The number of benzene rings is 1. The van der Waals surface area contributed by atoms with E-state index < -0.39 is 6.04 Å². The number of amides is 1. The van der Waals surface area contributed by atoms with Crippen LogP contribution in [-0.2, 0) is 6.42 Å². The Bertz CT molecular complexity index is 619. The van der Waals surface area contributed by atoms with Gasteiger partial charge in [0.1, 0.15) is 11.5 Å². The second-order valence-electron chi connectivity index (χ2n) is 4.86. The number of carbonyl (C=O) groups is 1. The van der Waals surface area contributed by atoms with Crippen molar-refractivity contribution in [2.24, 2.45) is 0 Å². The van der Waals surface area contributed by atoms with Crippen LogP contribution in [0, 0.1) is 13.8 Å². The molecule has 1 aromatic heterocycles. The first-order chi connectivity index (χ1) is 9.99. The number of hydrogen-bond donors (Lipinski definition) is 3. The minimum Gasteiger partial charge on any atom is -0.508 e. The van der Waals surface area contributed by atoms with Gasteiger partial charge in [-0.15, -0.1) is 0 Å². The third-order valence-electron chi connectivity index (χ3n) is 3.09. The zero-order chi connectivity index (χ0) is 15.4. The Hall–Kier alpha value is -2.34. The van der Waals surface area contributed by atoms with Gasteiger partial charge in [-0.2, -0.15) is 0 Å². The number of phenols is 1. The van der Waals surface area contributed by atoms with Crippen LogP contribution in [0.1, 0.15) is 27.7 Å². The molecular weight excluding hydrogens is 272 g/mol. The smallest absolute Gasteiger partial charge is 0.273 e. The van der Waals surface area contributed by atoms with Crippen LogP contribution in [0.5, 0.6) is 5.75 Å². The van der Waals surface area contributed by atoms with Crippen LogP contribution in [0.25, 0.3) is 0 Å². The summed E-state index contributed by atoms with van der Waals surface area (Å²) >= 11 is 0. The molecule has 21 heavy (non-hydrogen) atoms. The summed E-state index contributed by atoms with van der Waals surface area (Å²) in [6.07, 6.45) is 0.457. The molecule has 2 rings (SSSR count). The van der Waals surface area contributed by atoms with E-state index in [0.29, 0.717) is 18.1 Å². The lowest BCUT2D eigenvalue weighted by atomic mass is 10.1. The third kappa shape index (κ3) is 3.82. The summed E-state index contributed by atoms with van der Waals surface area (Å²) in [4.78, 5) is 16.1. The molecule has 0 unspecified atom stereocenters. The fourth-order valence-electron chi connectivity index (χ4n) is 2.07. The lowest BCUT2D eigenvalue weighted by Gasteiger charge is -2.15. The van der Waals surface area contributed by atoms with E-state index in [-0.39, 0.29) is 24.0 Å². The Labute approximate surface area is 122 Å². The number of aromatic hydroxyl groups is 1. The molecule has 6 heteroatoms. The summed E-state index contributed by atoms with van der Waals surface area (Å²) in [5.74, 6) is 0.683. The molecule has 0 aliphatic rings. The number of oxazole rings is 1. The molecule has 0 fully saturated rings. The first-order valence-corrected chi connectivity index (χ1v) is 6.63. The van der Waals surface area contributed by atoms with Gasteiger partial charge in [0.2, 0.25) is 0 Å². The molecule has 0 saturated heterocycles. The summed E-state index contributed by atoms with van der Waals surface area (Å²) in [7, 11) is 0. The molecule has 1 heterocycles. The van der Waals surface area contributed by atoms with Gasteiger partial charge in [0.25, 0.3) is 5.91 Å². The van der Waals surface area contributed by atoms with Crippen molar-refractivity contribution in [2.45, 2.75) is 26.3 Å². The van der Waals surface area contributed by atoms with Gasteiger partial charge in [0.05, 0.1) is 12.6 Å². The second kappa shape index (κ2) is 6.41. The number of hydrogen-bond acceptors (Lipinski definition) is 5. The van der Waals surface area contributed by atoms with Crippen molar-refractivity contribution < 1.29 is 19.4 Å². The summed E-state index contributed by atoms with van der Waals surface area (Å²) in [6, 6.07) is 6.19. The SMILES string of the molecule is Cc1nc(C(=O)N[C@H](CO)Cc2ccc(O)cc2)c(C)o1. The van der Waals surface area contributed by atoms with E-state index >= 15 is 0 Å². The van der Waals surface area contributed by atoms with E-state index in [1.165, 1.54) is 0 Å². The number of nitrogens with one attached hydrogen (secondary N) is 1. The highest BCUT2D eigenvalue weighted by atomic mass is 16.4. The molecule has 1 atom stereocenters. The van der Waals surface area contributed by atoms with Crippen LogP contribution in [0.2, 0.25) is 0 Å². The minimum atomic E-state index is -0.432.